The van der Waals surface area contributed by atoms with Crippen molar-refractivity contribution in [2.45, 2.75) is 31.8 Å². The molecule has 0 radical (unpaired) electrons. The van der Waals surface area contributed by atoms with Crippen LogP contribution < -0.4 is 5.32 Å². The van der Waals surface area contributed by atoms with Crippen LogP contribution in [0, 0.1) is 0 Å². The third-order valence-corrected chi connectivity index (χ3v) is 6.25. The molecule has 0 aromatic heterocycles. The van der Waals surface area contributed by atoms with Crippen LogP contribution in [0.5, 0.6) is 0 Å². The molecule has 1 heterocycles. The number of carbonyl (C=O) groups is 3. The number of sulfonamides is 1. The van der Waals surface area contributed by atoms with E-state index in [1.165, 1.54) is 35.5 Å². The fraction of sp³-hybridized carbons (Fsp3) is 0.471. The van der Waals surface area contributed by atoms with Gasteiger partial charge >= 0.3 is 12.0 Å². The van der Waals surface area contributed by atoms with Crippen molar-refractivity contribution in [3.05, 3.63) is 29.8 Å². The highest BCUT2D eigenvalue weighted by molar-refractivity contribution is 7.89. The molecular weight excluding hydrogens is 374 g/mol. The van der Waals surface area contributed by atoms with Gasteiger partial charge in [0.05, 0.1) is 10.5 Å². The number of ether oxygens (including phenoxy) is 1. The first-order valence-electron chi connectivity index (χ1n) is 8.62. The first-order chi connectivity index (χ1) is 12.7. The predicted octanol–water partition coefficient (Wildman–Crippen LogP) is 0.814. The number of nitrogens with zero attached hydrogens (tertiary/aromatic N) is 2. The maximum Gasteiger partial charge on any atom is 0.338 e. The number of rotatable bonds is 7. The van der Waals surface area contributed by atoms with Crippen LogP contribution in [0.15, 0.2) is 29.2 Å². The van der Waals surface area contributed by atoms with E-state index in [-0.39, 0.29) is 17.0 Å². The Bertz CT molecular complexity index is 818. The first kappa shape index (κ1) is 20.8. The molecule has 0 aliphatic carbocycles. The van der Waals surface area contributed by atoms with E-state index in [1.54, 1.807) is 13.8 Å². The lowest BCUT2D eigenvalue weighted by Gasteiger charge is -2.19. The van der Waals surface area contributed by atoms with E-state index in [4.69, 9.17) is 4.74 Å². The first-order valence-corrected chi connectivity index (χ1v) is 10.1. The van der Waals surface area contributed by atoms with Crippen molar-refractivity contribution < 1.29 is 27.5 Å². The summed E-state index contributed by atoms with van der Waals surface area (Å²) in [4.78, 5) is 36.9. The summed E-state index contributed by atoms with van der Waals surface area (Å²) >= 11 is 0. The van der Waals surface area contributed by atoms with E-state index in [2.05, 4.69) is 5.32 Å². The summed E-state index contributed by atoms with van der Waals surface area (Å²) in [5, 5.41) is 2.49. The minimum absolute atomic E-state index is 0.0700. The molecule has 0 saturated carbocycles. The number of imide groups is 1. The smallest absolute Gasteiger partial charge is 0.338 e. The van der Waals surface area contributed by atoms with Gasteiger partial charge in [-0.3, -0.25) is 9.69 Å². The molecule has 1 atom stereocenters. The average molecular weight is 397 g/mol. The molecule has 3 amide bonds. The van der Waals surface area contributed by atoms with Gasteiger partial charge in [-0.25, -0.2) is 18.0 Å². The maximum atomic E-state index is 12.4. The molecule has 9 nitrogen and oxygen atoms in total. The van der Waals surface area contributed by atoms with E-state index < -0.39 is 34.0 Å². The number of esters is 1. The van der Waals surface area contributed by atoms with Crippen LogP contribution in [0.1, 0.15) is 31.1 Å². The molecule has 1 aliphatic heterocycles. The normalized spacial score (nSPS) is 15.6. The molecule has 2 rings (SSSR count). The average Bonchev–Trinajstić information content (AvgIpc) is 3.07. The topological polar surface area (TPSA) is 113 Å². The summed E-state index contributed by atoms with van der Waals surface area (Å²) < 4.78 is 31.3. The van der Waals surface area contributed by atoms with E-state index in [1.807, 2.05) is 0 Å². The summed E-state index contributed by atoms with van der Waals surface area (Å²) in [6.07, 6.45) is -1.14. The molecular formula is C17H23N3O6S. The molecule has 1 unspecified atom stereocenters. The van der Waals surface area contributed by atoms with Gasteiger partial charge in [0, 0.05) is 26.2 Å². The van der Waals surface area contributed by atoms with Crippen molar-refractivity contribution >= 4 is 27.9 Å². The minimum atomic E-state index is -3.62. The SMILES string of the molecule is CCN(CC)S(=O)(=O)c1ccc(C(=O)OC(C)C(=O)N2CCNC2=O)cc1. The highest BCUT2D eigenvalue weighted by Crippen LogP contribution is 2.17. The van der Waals surface area contributed by atoms with Crippen LogP contribution in [0.3, 0.4) is 0 Å². The predicted molar refractivity (Wildman–Crippen MR) is 96.5 cm³/mol. The van der Waals surface area contributed by atoms with Crippen molar-refractivity contribution in [2.24, 2.45) is 0 Å². The second-order valence-corrected chi connectivity index (χ2v) is 7.82. The van der Waals surface area contributed by atoms with Crippen molar-refractivity contribution in [1.82, 2.24) is 14.5 Å². The zero-order valence-electron chi connectivity index (χ0n) is 15.5. The fourth-order valence-electron chi connectivity index (χ4n) is 2.66. The summed E-state index contributed by atoms with van der Waals surface area (Å²) in [7, 11) is -3.62. The van der Waals surface area contributed by atoms with Gasteiger partial charge in [-0.05, 0) is 31.2 Å². The molecule has 0 bridgehead atoms. The van der Waals surface area contributed by atoms with Gasteiger partial charge in [0.15, 0.2) is 6.10 Å². The molecule has 1 N–H and O–H groups in total. The lowest BCUT2D eigenvalue weighted by molar-refractivity contribution is -0.136. The number of urea groups is 1. The van der Waals surface area contributed by atoms with E-state index in [0.717, 1.165) is 4.90 Å². The van der Waals surface area contributed by atoms with Crippen LogP contribution in [-0.2, 0) is 19.6 Å². The highest BCUT2D eigenvalue weighted by atomic mass is 32.2. The number of hydrogen-bond acceptors (Lipinski definition) is 6. The van der Waals surface area contributed by atoms with Gasteiger partial charge in [-0.2, -0.15) is 4.31 Å². The Labute approximate surface area is 158 Å². The number of benzene rings is 1. The third kappa shape index (κ3) is 4.45. The lowest BCUT2D eigenvalue weighted by atomic mass is 10.2. The largest absolute Gasteiger partial charge is 0.449 e. The third-order valence-electron chi connectivity index (χ3n) is 4.19. The Morgan fingerprint density at radius 1 is 1.22 bits per heavy atom. The van der Waals surface area contributed by atoms with Gasteiger partial charge in [-0.1, -0.05) is 13.8 Å². The van der Waals surface area contributed by atoms with Crippen LogP contribution >= 0.6 is 0 Å². The van der Waals surface area contributed by atoms with Gasteiger partial charge < -0.3 is 10.1 Å². The van der Waals surface area contributed by atoms with Crippen LogP contribution in [0.4, 0.5) is 4.79 Å². The highest BCUT2D eigenvalue weighted by Gasteiger charge is 2.32. The van der Waals surface area contributed by atoms with Crippen molar-refractivity contribution in [2.75, 3.05) is 26.2 Å². The standard InChI is InChI=1S/C17H23N3O6S/c1-4-19(5-2)27(24,25)14-8-6-13(7-9-14)16(22)26-12(3)15(21)20-11-10-18-17(20)23/h6-9,12H,4-5,10-11H2,1-3H3,(H,18,23). The molecule has 1 aromatic rings. The van der Waals surface area contributed by atoms with E-state index >= 15 is 0 Å². The molecule has 27 heavy (non-hydrogen) atoms. The Balaban J connectivity index is 2.07. The monoisotopic (exact) mass is 397 g/mol. The van der Waals surface area contributed by atoms with Crippen molar-refractivity contribution in [3.8, 4) is 0 Å². The Morgan fingerprint density at radius 3 is 2.30 bits per heavy atom. The maximum absolute atomic E-state index is 12.4. The number of hydrogen-bond donors (Lipinski definition) is 1. The van der Waals surface area contributed by atoms with Crippen molar-refractivity contribution in [1.29, 1.82) is 0 Å². The van der Waals surface area contributed by atoms with Crippen LogP contribution in [-0.4, -0.2) is 67.8 Å². The van der Waals surface area contributed by atoms with Gasteiger partial charge in [0.2, 0.25) is 10.0 Å². The summed E-state index contributed by atoms with van der Waals surface area (Å²) in [5.41, 5.74) is 0.110. The number of amides is 3. The number of nitrogens with one attached hydrogen (secondary N) is 1. The molecule has 1 aromatic carbocycles. The van der Waals surface area contributed by atoms with Gasteiger partial charge in [0.25, 0.3) is 5.91 Å². The van der Waals surface area contributed by atoms with E-state index in [9.17, 15) is 22.8 Å². The van der Waals surface area contributed by atoms with Gasteiger partial charge in [0.1, 0.15) is 0 Å². The Morgan fingerprint density at radius 2 is 1.81 bits per heavy atom. The fourth-order valence-corrected chi connectivity index (χ4v) is 4.11. The molecule has 0 spiro atoms. The summed E-state index contributed by atoms with van der Waals surface area (Å²) in [5.74, 6) is -1.39. The molecule has 148 valence electrons. The molecule has 1 fully saturated rings. The summed E-state index contributed by atoms with van der Waals surface area (Å²) in [6, 6.07) is 4.79. The molecule has 10 heteroatoms. The van der Waals surface area contributed by atoms with E-state index in [0.29, 0.717) is 19.6 Å². The lowest BCUT2D eigenvalue weighted by Crippen LogP contribution is -2.41. The second kappa shape index (κ2) is 8.49. The zero-order chi connectivity index (χ0) is 20.2. The number of carbonyl (C=O) groups excluding carboxylic acids is 3. The Kier molecular flexibility index (Phi) is 6.55. The summed E-state index contributed by atoms with van der Waals surface area (Å²) in [6.45, 7) is 6.12. The molecule has 1 aliphatic rings. The van der Waals surface area contributed by atoms with Crippen LogP contribution in [0.2, 0.25) is 0 Å². The minimum Gasteiger partial charge on any atom is -0.449 e. The van der Waals surface area contributed by atoms with Crippen LogP contribution in [0.25, 0.3) is 0 Å². The van der Waals surface area contributed by atoms with Gasteiger partial charge in [-0.15, -0.1) is 0 Å². The quantitative estimate of drug-likeness (QED) is 0.682. The Hall–Kier alpha value is -2.46. The van der Waals surface area contributed by atoms with Crippen molar-refractivity contribution in [3.63, 3.8) is 0 Å². The second-order valence-electron chi connectivity index (χ2n) is 5.88. The molecule has 1 saturated heterocycles. The zero-order valence-corrected chi connectivity index (χ0v) is 16.3.